The van der Waals surface area contributed by atoms with Gasteiger partial charge in [-0.05, 0) is 36.8 Å². The smallest absolute Gasteiger partial charge is 0.223 e. The second-order valence-electron chi connectivity index (χ2n) is 6.63. The molecule has 0 aromatic heterocycles. The zero-order chi connectivity index (χ0) is 17.4. The number of fused-ring (bicyclic) bond motifs is 1. The van der Waals surface area contributed by atoms with Crippen molar-refractivity contribution < 1.29 is 9.59 Å². The van der Waals surface area contributed by atoms with Crippen LogP contribution in [-0.2, 0) is 16.0 Å². The van der Waals surface area contributed by atoms with E-state index < -0.39 is 0 Å². The predicted octanol–water partition coefficient (Wildman–Crippen LogP) is 3.61. The lowest BCUT2D eigenvalue weighted by molar-refractivity contribution is -0.134. The lowest BCUT2D eigenvalue weighted by Gasteiger charge is -2.37. The summed E-state index contributed by atoms with van der Waals surface area (Å²) in [7, 11) is 0. The van der Waals surface area contributed by atoms with Gasteiger partial charge in [0.25, 0.3) is 0 Å². The Balaban J connectivity index is 1.86. The van der Waals surface area contributed by atoms with Crippen molar-refractivity contribution in [1.29, 1.82) is 0 Å². The van der Waals surface area contributed by atoms with Crippen molar-refractivity contribution in [3.8, 4) is 0 Å². The van der Waals surface area contributed by atoms with Crippen molar-refractivity contribution in [2.75, 3.05) is 13.1 Å². The van der Waals surface area contributed by atoms with E-state index in [1.54, 1.807) is 0 Å². The van der Waals surface area contributed by atoms with Gasteiger partial charge in [0.15, 0.2) is 0 Å². The van der Waals surface area contributed by atoms with Crippen LogP contribution in [0.25, 0.3) is 0 Å². The summed E-state index contributed by atoms with van der Waals surface area (Å²) in [5.41, 5.74) is 2.74. The van der Waals surface area contributed by atoms with Crippen LogP contribution >= 0.6 is 0 Å². The molecule has 1 atom stereocenters. The number of hydrogen-bond donors (Lipinski definition) is 1. The maximum atomic E-state index is 12.7. The lowest BCUT2D eigenvalue weighted by Crippen LogP contribution is -2.40. The molecular weight excluding hydrogens is 300 g/mol. The summed E-state index contributed by atoms with van der Waals surface area (Å²) >= 11 is 0. The third kappa shape index (κ3) is 5.08. The average molecular weight is 330 g/mol. The van der Waals surface area contributed by atoms with Crippen LogP contribution in [0.15, 0.2) is 24.3 Å². The number of carbonyl (C=O) groups excluding carboxylic acids is 2. The van der Waals surface area contributed by atoms with Crippen molar-refractivity contribution in [2.24, 2.45) is 0 Å². The Morgan fingerprint density at radius 2 is 2.00 bits per heavy atom. The molecule has 1 heterocycles. The molecule has 4 heteroatoms. The molecule has 2 rings (SSSR count). The summed E-state index contributed by atoms with van der Waals surface area (Å²) in [4.78, 5) is 25.6. The number of amides is 2. The Labute approximate surface area is 145 Å². The van der Waals surface area contributed by atoms with Gasteiger partial charge >= 0.3 is 0 Å². The maximum Gasteiger partial charge on any atom is 0.223 e. The molecule has 0 saturated heterocycles. The summed E-state index contributed by atoms with van der Waals surface area (Å²) in [5.74, 6) is 0.294. The van der Waals surface area contributed by atoms with Crippen LogP contribution < -0.4 is 5.32 Å². The number of nitrogens with one attached hydrogen (secondary N) is 1. The quantitative estimate of drug-likeness (QED) is 0.740. The minimum Gasteiger partial charge on any atom is -0.356 e. The summed E-state index contributed by atoms with van der Waals surface area (Å²) in [5, 5.41) is 2.80. The van der Waals surface area contributed by atoms with Gasteiger partial charge in [-0.25, -0.2) is 0 Å². The van der Waals surface area contributed by atoms with E-state index in [1.807, 2.05) is 0 Å². The van der Waals surface area contributed by atoms with Crippen LogP contribution in [0.4, 0.5) is 0 Å². The zero-order valence-electron chi connectivity index (χ0n) is 15.0. The molecule has 0 unspecified atom stereocenters. The number of benzene rings is 1. The van der Waals surface area contributed by atoms with E-state index in [0.717, 1.165) is 45.1 Å². The summed E-state index contributed by atoms with van der Waals surface area (Å²) in [6.07, 6.45) is 6.51. The standard InChI is InChI=1S/C20H30N2O2/c1-3-9-19-18-11-7-6-10-17(18)13-15-22(19)20(24)12-5-4-8-14-21-16(2)23/h6-7,10-11,19H,3-5,8-9,12-15H2,1-2H3,(H,21,23)/t19-/m0/s1. The maximum absolute atomic E-state index is 12.7. The Kier molecular flexibility index (Phi) is 7.29. The largest absolute Gasteiger partial charge is 0.356 e. The van der Waals surface area contributed by atoms with E-state index in [2.05, 4.69) is 41.4 Å². The summed E-state index contributed by atoms with van der Waals surface area (Å²) in [6, 6.07) is 8.79. The van der Waals surface area contributed by atoms with E-state index in [-0.39, 0.29) is 17.9 Å². The Morgan fingerprint density at radius 3 is 2.75 bits per heavy atom. The van der Waals surface area contributed by atoms with Gasteiger partial charge < -0.3 is 10.2 Å². The highest BCUT2D eigenvalue weighted by Crippen LogP contribution is 2.33. The third-order valence-electron chi connectivity index (χ3n) is 4.74. The van der Waals surface area contributed by atoms with Gasteiger partial charge in [-0.15, -0.1) is 0 Å². The number of carbonyl (C=O) groups is 2. The highest BCUT2D eigenvalue weighted by Gasteiger charge is 2.29. The van der Waals surface area contributed by atoms with E-state index in [4.69, 9.17) is 0 Å². The molecule has 0 bridgehead atoms. The van der Waals surface area contributed by atoms with E-state index in [1.165, 1.54) is 18.1 Å². The van der Waals surface area contributed by atoms with E-state index >= 15 is 0 Å². The topological polar surface area (TPSA) is 49.4 Å². The van der Waals surface area contributed by atoms with Crippen LogP contribution in [0.3, 0.4) is 0 Å². The molecule has 0 spiro atoms. The third-order valence-corrected chi connectivity index (χ3v) is 4.74. The molecule has 2 amide bonds. The van der Waals surface area contributed by atoms with Crippen molar-refractivity contribution in [3.05, 3.63) is 35.4 Å². The molecule has 1 aliphatic heterocycles. The number of rotatable bonds is 8. The highest BCUT2D eigenvalue weighted by molar-refractivity contribution is 5.77. The molecule has 1 N–H and O–H groups in total. The summed E-state index contributed by atoms with van der Waals surface area (Å²) < 4.78 is 0. The molecule has 1 aliphatic rings. The molecular formula is C20H30N2O2. The second-order valence-corrected chi connectivity index (χ2v) is 6.63. The van der Waals surface area contributed by atoms with Crippen molar-refractivity contribution >= 4 is 11.8 Å². The molecule has 4 nitrogen and oxygen atoms in total. The Bertz CT molecular complexity index is 556. The molecule has 132 valence electrons. The van der Waals surface area contributed by atoms with Crippen LogP contribution in [0, 0.1) is 0 Å². The molecule has 0 aliphatic carbocycles. The number of nitrogens with zero attached hydrogens (tertiary/aromatic N) is 1. The molecule has 1 aromatic rings. The van der Waals surface area contributed by atoms with Crippen molar-refractivity contribution in [2.45, 2.75) is 64.8 Å². The molecule has 0 saturated carbocycles. The second kappa shape index (κ2) is 9.45. The van der Waals surface area contributed by atoms with Gasteiger partial charge in [0, 0.05) is 26.4 Å². The van der Waals surface area contributed by atoms with Crippen LogP contribution in [-0.4, -0.2) is 29.8 Å². The number of unbranched alkanes of at least 4 members (excludes halogenated alkanes) is 2. The van der Waals surface area contributed by atoms with Gasteiger partial charge in [-0.3, -0.25) is 9.59 Å². The highest BCUT2D eigenvalue weighted by atomic mass is 16.2. The molecule has 0 fully saturated rings. The minimum atomic E-state index is 0.0143. The monoisotopic (exact) mass is 330 g/mol. The fourth-order valence-corrected chi connectivity index (χ4v) is 3.52. The first-order valence-corrected chi connectivity index (χ1v) is 9.25. The fraction of sp³-hybridized carbons (Fsp3) is 0.600. The van der Waals surface area contributed by atoms with Crippen LogP contribution in [0.5, 0.6) is 0 Å². The first kappa shape index (κ1) is 18.5. The van der Waals surface area contributed by atoms with Gasteiger partial charge in [-0.1, -0.05) is 44.0 Å². The van der Waals surface area contributed by atoms with Crippen molar-refractivity contribution in [3.63, 3.8) is 0 Å². The SMILES string of the molecule is CCC[C@H]1c2ccccc2CCN1C(=O)CCCCCNC(C)=O. The van der Waals surface area contributed by atoms with Crippen LogP contribution in [0.1, 0.15) is 69.5 Å². The lowest BCUT2D eigenvalue weighted by atomic mass is 9.89. The normalized spacial score (nSPS) is 16.6. The minimum absolute atomic E-state index is 0.0143. The van der Waals surface area contributed by atoms with Gasteiger partial charge in [0.2, 0.25) is 11.8 Å². The zero-order valence-corrected chi connectivity index (χ0v) is 15.0. The fourth-order valence-electron chi connectivity index (χ4n) is 3.52. The van der Waals surface area contributed by atoms with Gasteiger partial charge in [0.1, 0.15) is 0 Å². The first-order valence-electron chi connectivity index (χ1n) is 9.25. The number of hydrogen-bond acceptors (Lipinski definition) is 2. The van der Waals surface area contributed by atoms with E-state index in [0.29, 0.717) is 13.0 Å². The molecule has 0 radical (unpaired) electrons. The van der Waals surface area contributed by atoms with Gasteiger partial charge in [0.05, 0.1) is 6.04 Å². The predicted molar refractivity (Wildman–Crippen MR) is 96.7 cm³/mol. The Morgan fingerprint density at radius 1 is 1.21 bits per heavy atom. The molecule has 1 aromatic carbocycles. The average Bonchev–Trinajstić information content (AvgIpc) is 2.58. The van der Waals surface area contributed by atoms with Crippen molar-refractivity contribution in [1.82, 2.24) is 10.2 Å². The molecule has 24 heavy (non-hydrogen) atoms. The summed E-state index contributed by atoms with van der Waals surface area (Å²) in [6.45, 7) is 5.26. The Hall–Kier alpha value is -1.84. The van der Waals surface area contributed by atoms with Crippen LogP contribution in [0.2, 0.25) is 0 Å². The first-order chi connectivity index (χ1) is 11.6. The van der Waals surface area contributed by atoms with E-state index in [9.17, 15) is 9.59 Å². The van der Waals surface area contributed by atoms with Gasteiger partial charge in [-0.2, -0.15) is 0 Å².